The molecule has 0 aliphatic carbocycles. The van der Waals surface area contributed by atoms with Crippen molar-refractivity contribution in [1.29, 1.82) is 0 Å². The lowest BCUT2D eigenvalue weighted by Crippen LogP contribution is -2.41. The summed E-state index contributed by atoms with van der Waals surface area (Å²) in [5, 5.41) is 0. The van der Waals surface area contributed by atoms with Crippen LogP contribution >= 0.6 is 0 Å². The van der Waals surface area contributed by atoms with E-state index in [-0.39, 0.29) is 38.1 Å². The van der Waals surface area contributed by atoms with E-state index in [4.69, 9.17) is 4.74 Å². The molecule has 0 unspecified atom stereocenters. The number of carbonyl (C=O) groups is 3. The van der Waals surface area contributed by atoms with Gasteiger partial charge in [-0.3, -0.25) is 14.4 Å². The van der Waals surface area contributed by atoms with Crippen LogP contribution in [0.25, 0.3) is 0 Å². The fourth-order valence-electron chi connectivity index (χ4n) is 3.66. The third-order valence-corrected chi connectivity index (χ3v) is 5.57. The Kier molecular flexibility index (Phi) is 10.1. The summed E-state index contributed by atoms with van der Waals surface area (Å²) in [5.41, 5.74) is 1.03. The highest BCUT2D eigenvalue weighted by Crippen LogP contribution is 2.22. The number of hydrogen-bond acceptors (Lipinski definition) is 4. The van der Waals surface area contributed by atoms with Gasteiger partial charge in [0.2, 0.25) is 17.7 Å². The molecule has 10 heteroatoms. The lowest BCUT2D eigenvalue weighted by Gasteiger charge is -2.26. The second-order valence-corrected chi connectivity index (χ2v) is 7.96. The van der Waals surface area contributed by atoms with Gasteiger partial charge in [-0.1, -0.05) is 30.3 Å². The normalized spacial score (nSPS) is 17.1. The SMILES string of the molecule is CCN(CC)C(=O)CO[C@H]1CN(CCc2ccccc2)C(=O)CN(C(=O)CCC(F)(F)F)C1. The molecular formula is C23H32F3N3O4. The molecule has 2 rings (SSSR count). The Labute approximate surface area is 192 Å². The number of likely N-dealkylation sites (N-methyl/N-ethyl adjacent to an activating group) is 1. The Balaban J connectivity index is 2.09. The van der Waals surface area contributed by atoms with Crippen LogP contribution in [-0.2, 0) is 25.5 Å². The lowest BCUT2D eigenvalue weighted by molar-refractivity contribution is -0.151. The predicted octanol–water partition coefficient (Wildman–Crippen LogP) is 2.50. The second-order valence-electron chi connectivity index (χ2n) is 7.96. The number of nitrogens with zero attached hydrogens (tertiary/aromatic N) is 3. The molecule has 0 radical (unpaired) electrons. The monoisotopic (exact) mass is 471 g/mol. The molecule has 1 aromatic carbocycles. The summed E-state index contributed by atoms with van der Waals surface area (Å²) in [4.78, 5) is 41.9. The van der Waals surface area contributed by atoms with Crippen molar-refractivity contribution in [2.24, 2.45) is 0 Å². The zero-order valence-corrected chi connectivity index (χ0v) is 19.1. The molecule has 1 fully saturated rings. The van der Waals surface area contributed by atoms with Crippen molar-refractivity contribution >= 4 is 17.7 Å². The summed E-state index contributed by atoms with van der Waals surface area (Å²) in [5.74, 6) is -1.33. The minimum atomic E-state index is -4.46. The molecular weight excluding hydrogens is 439 g/mol. The van der Waals surface area contributed by atoms with Gasteiger partial charge >= 0.3 is 6.18 Å². The topological polar surface area (TPSA) is 70.2 Å². The number of ether oxygens (including phenoxy) is 1. The van der Waals surface area contributed by atoms with Gasteiger partial charge in [-0.2, -0.15) is 13.2 Å². The van der Waals surface area contributed by atoms with E-state index in [1.807, 2.05) is 44.2 Å². The molecule has 1 aliphatic heterocycles. The Morgan fingerprint density at radius 2 is 1.79 bits per heavy atom. The number of amides is 3. The molecule has 1 aromatic rings. The van der Waals surface area contributed by atoms with E-state index in [2.05, 4.69) is 0 Å². The van der Waals surface area contributed by atoms with E-state index >= 15 is 0 Å². The van der Waals surface area contributed by atoms with Crippen LogP contribution < -0.4 is 0 Å². The van der Waals surface area contributed by atoms with Crippen molar-refractivity contribution in [2.75, 3.05) is 45.9 Å². The molecule has 0 bridgehead atoms. The lowest BCUT2D eigenvalue weighted by atomic mass is 10.1. The van der Waals surface area contributed by atoms with Crippen molar-refractivity contribution in [3.05, 3.63) is 35.9 Å². The molecule has 0 saturated carbocycles. The molecule has 3 amide bonds. The van der Waals surface area contributed by atoms with E-state index in [0.29, 0.717) is 26.1 Å². The zero-order chi connectivity index (χ0) is 24.4. The molecule has 1 saturated heterocycles. The quantitative estimate of drug-likeness (QED) is 0.526. The van der Waals surface area contributed by atoms with E-state index in [0.717, 1.165) is 10.5 Å². The number of alkyl halides is 3. The minimum Gasteiger partial charge on any atom is -0.365 e. The van der Waals surface area contributed by atoms with Gasteiger partial charge in [0.05, 0.1) is 19.1 Å². The van der Waals surface area contributed by atoms with Crippen LogP contribution in [0.4, 0.5) is 13.2 Å². The van der Waals surface area contributed by atoms with Gasteiger partial charge in [-0.15, -0.1) is 0 Å². The Hall–Kier alpha value is -2.62. The summed E-state index contributed by atoms with van der Waals surface area (Å²) >= 11 is 0. The molecule has 0 N–H and O–H groups in total. The average molecular weight is 472 g/mol. The maximum atomic E-state index is 12.8. The Morgan fingerprint density at radius 3 is 2.39 bits per heavy atom. The fourth-order valence-corrected chi connectivity index (χ4v) is 3.66. The van der Waals surface area contributed by atoms with Crippen molar-refractivity contribution in [2.45, 2.75) is 45.4 Å². The first-order valence-corrected chi connectivity index (χ1v) is 11.2. The van der Waals surface area contributed by atoms with Crippen molar-refractivity contribution in [3.63, 3.8) is 0 Å². The highest BCUT2D eigenvalue weighted by atomic mass is 19.4. The van der Waals surface area contributed by atoms with Crippen LogP contribution in [0.2, 0.25) is 0 Å². The van der Waals surface area contributed by atoms with Gasteiger partial charge in [-0.25, -0.2) is 0 Å². The van der Waals surface area contributed by atoms with E-state index in [9.17, 15) is 27.6 Å². The van der Waals surface area contributed by atoms with Crippen LogP contribution in [-0.4, -0.2) is 90.6 Å². The smallest absolute Gasteiger partial charge is 0.365 e. The van der Waals surface area contributed by atoms with Crippen molar-refractivity contribution < 1.29 is 32.3 Å². The highest BCUT2D eigenvalue weighted by molar-refractivity contribution is 5.85. The summed E-state index contributed by atoms with van der Waals surface area (Å²) in [7, 11) is 0. The van der Waals surface area contributed by atoms with Crippen LogP contribution in [0, 0.1) is 0 Å². The van der Waals surface area contributed by atoms with Crippen LogP contribution in [0.15, 0.2) is 30.3 Å². The van der Waals surface area contributed by atoms with Gasteiger partial charge in [0, 0.05) is 39.1 Å². The molecule has 1 aliphatic rings. The Bertz CT molecular complexity index is 785. The molecule has 0 aromatic heterocycles. The van der Waals surface area contributed by atoms with E-state index in [1.165, 1.54) is 0 Å². The summed E-state index contributed by atoms with van der Waals surface area (Å²) in [6.45, 7) is 4.68. The standard InChI is InChI=1S/C23H32F3N3O4/c1-3-27(4-2)22(32)17-33-19-14-28(13-11-18-8-6-5-7-9-18)21(31)16-29(15-19)20(30)10-12-23(24,25)26/h5-9,19H,3-4,10-17H2,1-2H3/t19-/m0/s1. The third kappa shape index (κ3) is 9.03. The summed E-state index contributed by atoms with van der Waals surface area (Å²) < 4.78 is 43.5. The first-order valence-electron chi connectivity index (χ1n) is 11.2. The van der Waals surface area contributed by atoms with Gasteiger partial charge < -0.3 is 19.4 Å². The first kappa shape index (κ1) is 26.6. The fraction of sp³-hybridized carbons (Fsp3) is 0.609. The number of halogens is 3. The predicted molar refractivity (Wildman–Crippen MR) is 116 cm³/mol. The van der Waals surface area contributed by atoms with Crippen molar-refractivity contribution in [1.82, 2.24) is 14.7 Å². The summed E-state index contributed by atoms with van der Waals surface area (Å²) in [6.07, 6.45) is -6.54. The molecule has 7 nitrogen and oxygen atoms in total. The van der Waals surface area contributed by atoms with E-state index < -0.39 is 31.0 Å². The molecule has 0 spiro atoms. The number of rotatable bonds is 10. The number of benzene rings is 1. The van der Waals surface area contributed by atoms with Gasteiger partial charge in [-0.05, 0) is 25.8 Å². The first-order chi connectivity index (χ1) is 15.6. The second kappa shape index (κ2) is 12.6. The summed E-state index contributed by atoms with van der Waals surface area (Å²) in [6, 6.07) is 9.55. The zero-order valence-electron chi connectivity index (χ0n) is 19.1. The molecule has 1 atom stereocenters. The van der Waals surface area contributed by atoms with Gasteiger partial charge in [0.25, 0.3) is 0 Å². The van der Waals surface area contributed by atoms with Crippen LogP contribution in [0.3, 0.4) is 0 Å². The van der Waals surface area contributed by atoms with Gasteiger partial charge in [0.15, 0.2) is 0 Å². The third-order valence-electron chi connectivity index (χ3n) is 5.57. The maximum absolute atomic E-state index is 12.8. The number of carbonyl (C=O) groups excluding carboxylic acids is 3. The minimum absolute atomic E-state index is 0.0458. The molecule has 33 heavy (non-hydrogen) atoms. The van der Waals surface area contributed by atoms with Crippen LogP contribution in [0.1, 0.15) is 32.3 Å². The highest BCUT2D eigenvalue weighted by Gasteiger charge is 2.34. The largest absolute Gasteiger partial charge is 0.389 e. The van der Waals surface area contributed by atoms with Crippen molar-refractivity contribution in [3.8, 4) is 0 Å². The van der Waals surface area contributed by atoms with E-state index in [1.54, 1.807) is 9.80 Å². The Morgan fingerprint density at radius 1 is 1.12 bits per heavy atom. The molecule has 1 heterocycles. The molecule has 184 valence electrons. The van der Waals surface area contributed by atoms with Gasteiger partial charge in [0.1, 0.15) is 6.61 Å². The maximum Gasteiger partial charge on any atom is 0.389 e. The number of hydrogen-bond donors (Lipinski definition) is 0. The average Bonchev–Trinajstić information content (AvgIpc) is 2.94. The van der Waals surface area contributed by atoms with Crippen LogP contribution in [0.5, 0.6) is 0 Å².